The minimum absolute atomic E-state index is 0.0185. The van der Waals surface area contributed by atoms with Crippen molar-refractivity contribution in [3.05, 3.63) is 0 Å². The molecular formula is C13H26O3. The molecule has 0 radical (unpaired) electrons. The van der Waals surface area contributed by atoms with E-state index in [1.807, 2.05) is 27.7 Å². The van der Waals surface area contributed by atoms with Crippen molar-refractivity contribution >= 4 is 5.97 Å². The van der Waals surface area contributed by atoms with Crippen LogP contribution in [0, 0.1) is 11.8 Å². The summed E-state index contributed by atoms with van der Waals surface area (Å²) in [4.78, 5) is 11.4. The first-order valence-corrected chi connectivity index (χ1v) is 6.15. The fraction of sp³-hybridized carbons (Fsp3) is 0.923. The van der Waals surface area contributed by atoms with Crippen LogP contribution in [-0.4, -0.2) is 24.8 Å². The Morgan fingerprint density at radius 3 is 1.88 bits per heavy atom. The number of carbonyl (C=O) groups is 1. The van der Waals surface area contributed by atoms with Crippen molar-refractivity contribution in [2.24, 2.45) is 11.8 Å². The van der Waals surface area contributed by atoms with E-state index in [9.17, 15) is 4.79 Å². The molecule has 3 heteroatoms. The zero-order valence-corrected chi connectivity index (χ0v) is 11.4. The molecule has 0 saturated carbocycles. The molecule has 2 atom stereocenters. The molecule has 0 rings (SSSR count). The summed E-state index contributed by atoms with van der Waals surface area (Å²) < 4.78 is 10.8. The van der Waals surface area contributed by atoms with Crippen molar-refractivity contribution in [1.29, 1.82) is 0 Å². The predicted octanol–water partition coefficient (Wildman–Crippen LogP) is 3.03. The van der Waals surface area contributed by atoms with Crippen LogP contribution in [0.5, 0.6) is 0 Å². The summed E-state index contributed by atoms with van der Waals surface area (Å²) in [6, 6.07) is 0. The monoisotopic (exact) mass is 230 g/mol. The van der Waals surface area contributed by atoms with Crippen LogP contribution in [0.4, 0.5) is 0 Å². The van der Waals surface area contributed by atoms with Crippen LogP contribution >= 0.6 is 0 Å². The van der Waals surface area contributed by atoms with Gasteiger partial charge in [0.05, 0.1) is 19.1 Å². The van der Waals surface area contributed by atoms with Gasteiger partial charge in [-0.1, -0.05) is 27.7 Å². The van der Waals surface area contributed by atoms with Gasteiger partial charge in [0, 0.05) is 0 Å². The van der Waals surface area contributed by atoms with E-state index in [-0.39, 0.29) is 18.2 Å². The van der Waals surface area contributed by atoms with E-state index in [2.05, 4.69) is 13.8 Å². The van der Waals surface area contributed by atoms with E-state index in [1.165, 1.54) is 0 Å². The fourth-order valence-corrected chi connectivity index (χ4v) is 0.923. The highest BCUT2D eigenvalue weighted by molar-refractivity contribution is 5.69. The molecule has 0 aliphatic carbocycles. The molecule has 0 aromatic rings. The Kier molecular flexibility index (Phi) is 7.39. The summed E-state index contributed by atoms with van der Waals surface area (Å²) in [5.74, 6) is 0.669. The van der Waals surface area contributed by atoms with Crippen LogP contribution in [0.25, 0.3) is 0 Å². The van der Waals surface area contributed by atoms with E-state index < -0.39 is 0 Å². The lowest BCUT2D eigenvalue weighted by molar-refractivity contribution is -0.152. The molecule has 0 fully saturated rings. The van der Waals surface area contributed by atoms with Crippen LogP contribution in [0.1, 0.15) is 48.0 Å². The van der Waals surface area contributed by atoms with Gasteiger partial charge in [0.2, 0.25) is 0 Å². The van der Waals surface area contributed by atoms with Gasteiger partial charge in [-0.25, -0.2) is 0 Å². The lowest BCUT2D eigenvalue weighted by atomic mass is 10.1. The molecule has 0 aromatic heterocycles. The summed E-state index contributed by atoms with van der Waals surface area (Å²) in [6.45, 7) is 12.7. The van der Waals surface area contributed by atoms with Gasteiger partial charge >= 0.3 is 5.97 Å². The molecule has 16 heavy (non-hydrogen) atoms. The van der Waals surface area contributed by atoms with Crippen LogP contribution in [0.2, 0.25) is 0 Å². The second-order valence-electron chi connectivity index (χ2n) is 5.01. The van der Waals surface area contributed by atoms with Gasteiger partial charge in [0.25, 0.3) is 0 Å². The molecule has 2 unspecified atom stereocenters. The molecule has 96 valence electrons. The van der Waals surface area contributed by atoms with Gasteiger partial charge in [-0.15, -0.1) is 0 Å². The van der Waals surface area contributed by atoms with E-state index in [4.69, 9.17) is 9.47 Å². The minimum Gasteiger partial charge on any atom is -0.462 e. The molecule has 0 N–H and O–H groups in total. The number of carbonyl (C=O) groups excluding carboxylic acids is 1. The zero-order valence-electron chi connectivity index (χ0n) is 11.4. The second kappa shape index (κ2) is 7.66. The SMILES string of the molecule is CC(C)C(C)OCCC(=O)OC(C)C(C)C. The zero-order chi connectivity index (χ0) is 12.7. The largest absolute Gasteiger partial charge is 0.462 e. The molecule has 0 heterocycles. The van der Waals surface area contributed by atoms with Crippen LogP contribution < -0.4 is 0 Å². The maximum Gasteiger partial charge on any atom is 0.308 e. The fourth-order valence-electron chi connectivity index (χ4n) is 0.923. The maximum atomic E-state index is 11.4. The van der Waals surface area contributed by atoms with Gasteiger partial charge < -0.3 is 9.47 Å². The first kappa shape index (κ1) is 15.4. The smallest absolute Gasteiger partial charge is 0.308 e. The van der Waals surface area contributed by atoms with Crippen molar-refractivity contribution in [1.82, 2.24) is 0 Å². The predicted molar refractivity (Wildman–Crippen MR) is 65.3 cm³/mol. The molecule has 0 aliphatic rings. The third kappa shape index (κ3) is 6.83. The Labute approximate surface area is 99.5 Å². The summed E-state index contributed by atoms with van der Waals surface area (Å²) in [7, 11) is 0. The number of ether oxygens (including phenoxy) is 2. The van der Waals surface area contributed by atoms with Crippen molar-refractivity contribution in [3.8, 4) is 0 Å². The number of rotatable bonds is 7. The molecule has 3 nitrogen and oxygen atoms in total. The van der Waals surface area contributed by atoms with Gasteiger partial charge in [-0.05, 0) is 25.7 Å². The molecule has 0 bridgehead atoms. The molecule has 0 amide bonds. The standard InChI is InChI=1S/C13H26O3/c1-9(2)11(5)15-8-7-13(14)16-12(6)10(3)4/h9-12H,7-8H2,1-6H3. The molecule has 0 aliphatic heterocycles. The number of esters is 1. The van der Waals surface area contributed by atoms with Crippen LogP contribution in [0.15, 0.2) is 0 Å². The molecule has 0 spiro atoms. The average Bonchev–Trinajstić information content (AvgIpc) is 2.16. The van der Waals surface area contributed by atoms with Gasteiger partial charge in [-0.3, -0.25) is 4.79 Å². The van der Waals surface area contributed by atoms with E-state index in [0.29, 0.717) is 24.9 Å². The van der Waals surface area contributed by atoms with Crippen molar-refractivity contribution < 1.29 is 14.3 Å². The van der Waals surface area contributed by atoms with Crippen LogP contribution in [-0.2, 0) is 14.3 Å². The third-order valence-corrected chi connectivity index (χ3v) is 2.88. The van der Waals surface area contributed by atoms with E-state index in [0.717, 1.165) is 0 Å². The Morgan fingerprint density at radius 2 is 1.44 bits per heavy atom. The highest BCUT2D eigenvalue weighted by Gasteiger charge is 2.13. The van der Waals surface area contributed by atoms with Crippen molar-refractivity contribution in [3.63, 3.8) is 0 Å². The summed E-state index contributed by atoms with van der Waals surface area (Å²) in [5, 5.41) is 0. The van der Waals surface area contributed by atoms with E-state index >= 15 is 0 Å². The number of hydrogen-bond acceptors (Lipinski definition) is 3. The first-order chi connectivity index (χ1) is 7.34. The number of hydrogen-bond donors (Lipinski definition) is 0. The van der Waals surface area contributed by atoms with Gasteiger partial charge in [0.1, 0.15) is 6.10 Å². The van der Waals surface area contributed by atoms with Crippen molar-refractivity contribution in [2.45, 2.75) is 60.2 Å². The topological polar surface area (TPSA) is 35.5 Å². The Bertz CT molecular complexity index is 199. The highest BCUT2D eigenvalue weighted by Crippen LogP contribution is 2.08. The quantitative estimate of drug-likeness (QED) is 0.631. The maximum absolute atomic E-state index is 11.4. The van der Waals surface area contributed by atoms with Gasteiger partial charge in [0.15, 0.2) is 0 Å². The molecule has 0 saturated heterocycles. The normalized spacial score (nSPS) is 15.2. The summed E-state index contributed by atoms with van der Waals surface area (Å²) in [5.41, 5.74) is 0. The lowest BCUT2D eigenvalue weighted by Crippen LogP contribution is -2.22. The lowest BCUT2D eigenvalue weighted by Gasteiger charge is -2.18. The Morgan fingerprint density at radius 1 is 0.938 bits per heavy atom. The summed E-state index contributed by atoms with van der Waals surface area (Å²) >= 11 is 0. The third-order valence-electron chi connectivity index (χ3n) is 2.88. The molecular weight excluding hydrogens is 204 g/mol. The highest BCUT2D eigenvalue weighted by atomic mass is 16.5. The van der Waals surface area contributed by atoms with E-state index in [1.54, 1.807) is 0 Å². The minimum atomic E-state index is -0.169. The Hall–Kier alpha value is -0.570. The molecule has 0 aromatic carbocycles. The van der Waals surface area contributed by atoms with Gasteiger partial charge in [-0.2, -0.15) is 0 Å². The second-order valence-corrected chi connectivity index (χ2v) is 5.01. The van der Waals surface area contributed by atoms with Crippen molar-refractivity contribution in [2.75, 3.05) is 6.61 Å². The Balaban J connectivity index is 3.66. The van der Waals surface area contributed by atoms with Crippen LogP contribution in [0.3, 0.4) is 0 Å². The summed E-state index contributed by atoms with van der Waals surface area (Å²) in [6.07, 6.45) is 0.513. The first-order valence-electron chi connectivity index (χ1n) is 6.15. The average molecular weight is 230 g/mol.